The SMILES string of the molecule is CCc1[nH]nc(C(=O)NCCCSCc2cccc(C)c2)c1C. The largest absolute Gasteiger partial charge is 0.351 e. The Kier molecular flexibility index (Phi) is 6.71. The number of aromatic amines is 1. The molecule has 0 saturated heterocycles. The zero-order valence-corrected chi connectivity index (χ0v) is 14.9. The van der Waals surface area contributed by atoms with Gasteiger partial charge in [-0.1, -0.05) is 36.8 Å². The predicted molar refractivity (Wildman–Crippen MR) is 97.0 cm³/mol. The van der Waals surface area contributed by atoms with Gasteiger partial charge in [0.1, 0.15) is 0 Å². The summed E-state index contributed by atoms with van der Waals surface area (Å²) in [6.45, 7) is 6.79. The molecule has 1 heterocycles. The van der Waals surface area contributed by atoms with Crippen molar-refractivity contribution in [2.45, 2.75) is 39.4 Å². The number of aromatic nitrogens is 2. The molecule has 5 heteroatoms. The molecule has 0 radical (unpaired) electrons. The number of hydrogen-bond donors (Lipinski definition) is 2. The van der Waals surface area contributed by atoms with Crippen molar-refractivity contribution in [1.82, 2.24) is 15.5 Å². The quantitative estimate of drug-likeness (QED) is 0.726. The highest BCUT2D eigenvalue weighted by Crippen LogP contribution is 2.14. The Bertz CT molecular complexity index is 651. The summed E-state index contributed by atoms with van der Waals surface area (Å²) >= 11 is 1.90. The molecule has 1 amide bonds. The molecule has 0 aliphatic heterocycles. The van der Waals surface area contributed by atoms with E-state index in [1.165, 1.54) is 11.1 Å². The van der Waals surface area contributed by atoms with E-state index >= 15 is 0 Å². The highest BCUT2D eigenvalue weighted by Gasteiger charge is 2.14. The first-order valence-electron chi connectivity index (χ1n) is 8.07. The molecule has 0 spiro atoms. The third-order valence-corrected chi connectivity index (χ3v) is 4.90. The van der Waals surface area contributed by atoms with Crippen LogP contribution in [0.3, 0.4) is 0 Å². The summed E-state index contributed by atoms with van der Waals surface area (Å²) < 4.78 is 0. The Hall–Kier alpha value is -1.75. The zero-order chi connectivity index (χ0) is 16.7. The van der Waals surface area contributed by atoms with Crippen LogP contribution in [-0.4, -0.2) is 28.4 Å². The molecule has 0 aliphatic rings. The van der Waals surface area contributed by atoms with Crippen LogP contribution < -0.4 is 5.32 Å². The number of benzene rings is 1. The number of amides is 1. The van der Waals surface area contributed by atoms with Gasteiger partial charge in [0, 0.05) is 23.6 Å². The Labute approximate surface area is 142 Å². The topological polar surface area (TPSA) is 57.8 Å². The Morgan fingerprint density at radius 1 is 1.35 bits per heavy atom. The average molecular weight is 331 g/mol. The summed E-state index contributed by atoms with van der Waals surface area (Å²) in [5.74, 6) is 1.98. The van der Waals surface area contributed by atoms with Crippen LogP contribution in [0.25, 0.3) is 0 Å². The van der Waals surface area contributed by atoms with Crippen molar-refractivity contribution in [2.75, 3.05) is 12.3 Å². The van der Waals surface area contributed by atoms with E-state index in [1.54, 1.807) is 0 Å². The van der Waals surface area contributed by atoms with Crippen molar-refractivity contribution in [3.8, 4) is 0 Å². The lowest BCUT2D eigenvalue weighted by molar-refractivity contribution is 0.0948. The van der Waals surface area contributed by atoms with Crippen LogP contribution in [0.2, 0.25) is 0 Å². The van der Waals surface area contributed by atoms with Gasteiger partial charge in [0.2, 0.25) is 0 Å². The van der Waals surface area contributed by atoms with E-state index in [1.807, 2.05) is 25.6 Å². The maximum atomic E-state index is 12.1. The maximum Gasteiger partial charge on any atom is 0.272 e. The minimum Gasteiger partial charge on any atom is -0.351 e. The molecule has 0 atom stereocenters. The van der Waals surface area contributed by atoms with Gasteiger partial charge in [-0.15, -0.1) is 0 Å². The van der Waals surface area contributed by atoms with E-state index < -0.39 is 0 Å². The number of rotatable bonds is 8. The van der Waals surface area contributed by atoms with E-state index in [0.717, 1.165) is 35.6 Å². The second-order valence-electron chi connectivity index (χ2n) is 5.68. The summed E-state index contributed by atoms with van der Waals surface area (Å²) in [6.07, 6.45) is 1.83. The highest BCUT2D eigenvalue weighted by atomic mass is 32.2. The molecular formula is C18H25N3OS. The number of aryl methyl sites for hydroxylation is 2. The summed E-state index contributed by atoms with van der Waals surface area (Å²) in [5, 5.41) is 9.98. The van der Waals surface area contributed by atoms with Crippen molar-refractivity contribution >= 4 is 17.7 Å². The van der Waals surface area contributed by atoms with Crippen molar-refractivity contribution in [2.24, 2.45) is 0 Å². The van der Waals surface area contributed by atoms with Crippen molar-refractivity contribution in [3.05, 3.63) is 52.3 Å². The molecule has 2 aromatic rings. The Morgan fingerprint density at radius 2 is 2.17 bits per heavy atom. The van der Waals surface area contributed by atoms with E-state index in [9.17, 15) is 4.79 Å². The fourth-order valence-corrected chi connectivity index (χ4v) is 3.36. The molecule has 0 saturated carbocycles. The third kappa shape index (κ3) is 5.13. The fraction of sp³-hybridized carbons (Fsp3) is 0.444. The first kappa shape index (κ1) is 17.6. The lowest BCUT2D eigenvalue weighted by Crippen LogP contribution is -2.25. The van der Waals surface area contributed by atoms with E-state index in [4.69, 9.17) is 0 Å². The lowest BCUT2D eigenvalue weighted by Gasteiger charge is -2.05. The minimum atomic E-state index is -0.0814. The molecule has 0 bridgehead atoms. The van der Waals surface area contributed by atoms with Crippen LogP contribution in [0.4, 0.5) is 0 Å². The molecule has 0 fully saturated rings. The van der Waals surface area contributed by atoms with Gasteiger partial charge in [-0.2, -0.15) is 16.9 Å². The second kappa shape index (κ2) is 8.77. The minimum absolute atomic E-state index is 0.0814. The number of H-pyrrole nitrogens is 1. The second-order valence-corrected chi connectivity index (χ2v) is 6.79. The molecule has 124 valence electrons. The van der Waals surface area contributed by atoms with Gasteiger partial charge in [0.25, 0.3) is 5.91 Å². The van der Waals surface area contributed by atoms with Crippen molar-refractivity contribution in [3.63, 3.8) is 0 Å². The van der Waals surface area contributed by atoms with Crippen LogP contribution in [0.5, 0.6) is 0 Å². The van der Waals surface area contributed by atoms with Gasteiger partial charge in [-0.3, -0.25) is 9.89 Å². The van der Waals surface area contributed by atoms with E-state index in [0.29, 0.717) is 12.2 Å². The number of nitrogens with zero attached hydrogens (tertiary/aromatic N) is 1. The number of carbonyl (C=O) groups excluding carboxylic acids is 1. The van der Waals surface area contributed by atoms with Crippen LogP contribution in [0, 0.1) is 13.8 Å². The first-order chi connectivity index (χ1) is 11.1. The molecule has 0 unspecified atom stereocenters. The molecule has 2 rings (SSSR count). The average Bonchev–Trinajstić information content (AvgIpc) is 2.91. The number of nitrogens with one attached hydrogen (secondary N) is 2. The Morgan fingerprint density at radius 3 is 2.87 bits per heavy atom. The van der Waals surface area contributed by atoms with Crippen LogP contribution in [0.1, 0.15) is 46.2 Å². The third-order valence-electron chi connectivity index (χ3n) is 3.78. The molecule has 2 N–H and O–H groups in total. The Balaban J connectivity index is 1.65. The molecule has 0 aliphatic carbocycles. The number of carbonyl (C=O) groups is 1. The number of thioether (sulfide) groups is 1. The van der Waals surface area contributed by atoms with Crippen LogP contribution >= 0.6 is 11.8 Å². The maximum absolute atomic E-state index is 12.1. The lowest BCUT2D eigenvalue weighted by atomic mass is 10.1. The van der Waals surface area contributed by atoms with E-state index in [-0.39, 0.29) is 5.91 Å². The smallest absolute Gasteiger partial charge is 0.272 e. The van der Waals surface area contributed by atoms with Gasteiger partial charge in [0.05, 0.1) is 0 Å². The van der Waals surface area contributed by atoms with Gasteiger partial charge in [-0.25, -0.2) is 0 Å². The summed E-state index contributed by atoms with van der Waals surface area (Å²) in [4.78, 5) is 12.1. The fourth-order valence-electron chi connectivity index (χ4n) is 2.45. The first-order valence-corrected chi connectivity index (χ1v) is 9.22. The van der Waals surface area contributed by atoms with Gasteiger partial charge >= 0.3 is 0 Å². The summed E-state index contributed by atoms with van der Waals surface area (Å²) in [6, 6.07) is 8.60. The zero-order valence-electron chi connectivity index (χ0n) is 14.1. The molecule has 1 aromatic carbocycles. The van der Waals surface area contributed by atoms with E-state index in [2.05, 4.69) is 46.7 Å². The monoisotopic (exact) mass is 331 g/mol. The molecule has 1 aromatic heterocycles. The summed E-state index contributed by atoms with van der Waals surface area (Å²) in [7, 11) is 0. The van der Waals surface area contributed by atoms with Crippen LogP contribution in [-0.2, 0) is 12.2 Å². The van der Waals surface area contributed by atoms with Crippen molar-refractivity contribution in [1.29, 1.82) is 0 Å². The summed E-state index contributed by atoms with van der Waals surface area (Å²) in [5.41, 5.74) is 5.17. The molecular weight excluding hydrogens is 306 g/mol. The van der Waals surface area contributed by atoms with Crippen LogP contribution in [0.15, 0.2) is 24.3 Å². The van der Waals surface area contributed by atoms with Gasteiger partial charge in [0.15, 0.2) is 5.69 Å². The molecule has 4 nitrogen and oxygen atoms in total. The standard InChI is InChI=1S/C18H25N3OS/c1-4-16-14(3)17(21-20-16)18(22)19-9-6-10-23-12-15-8-5-7-13(2)11-15/h5,7-8,11H,4,6,9-10,12H2,1-3H3,(H,19,22)(H,20,21). The molecule has 23 heavy (non-hydrogen) atoms. The highest BCUT2D eigenvalue weighted by molar-refractivity contribution is 7.98. The van der Waals surface area contributed by atoms with Crippen molar-refractivity contribution < 1.29 is 4.79 Å². The normalized spacial score (nSPS) is 10.7. The van der Waals surface area contributed by atoms with Gasteiger partial charge in [-0.05, 0) is 38.0 Å². The predicted octanol–water partition coefficient (Wildman–Crippen LogP) is 3.64. The van der Waals surface area contributed by atoms with Gasteiger partial charge < -0.3 is 5.32 Å². The number of hydrogen-bond acceptors (Lipinski definition) is 3.